The van der Waals surface area contributed by atoms with Gasteiger partial charge in [-0.05, 0) is 65.9 Å². The minimum absolute atomic E-state index is 0.0458. The third-order valence-electron chi connectivity index (χ3n) is 6.45. The molecule has 0 bridgehead atoms. The van der Waals surface area contributed by atoms with Crippen molar-refractivity contribution in [1.82, 2.24) is 15.2 Å². The van der Waals surface area contributed by atoms with E-state index in [9.17, 15) is 9.90 Å². The van der Waals surface area contributed by atoms with E-state index >= 15 is 0 Å². The molecule has 0 spiro atoms. The van der Waals surface area contributed by atoms with Gasteiger partial charge in [-0.1, -0.05) is 54.1 Å². The fraction of sp³-hybridized carbons (Fsp3) is 0.207. The molecular formula is C29H28ClN3O2. The van der Waals surface area contributed by atoms with Crippen molar-refractivity contribution < 1.29 is 9.90 Å². The van der Waals surface area contributed by atoms with E-state index in [1.807, 2.05) is 72.8 Å². The van der Waals surface area contributed by atoms with Gasteiger partial charge in [0.15, 0.2) is 0 Å². The maximum Gasteiger partial charge on any atom is 0.251 e. The fourth-order valence-electron chi connectivity index (χ4n) is 4.73. The van der Waals surface area contributed by atoms with Crippen molar-refractivity contribution in [3.8, 4) is 5.75 Å². The molecule has 0 saturated carbocycles. The third kappa shape index (κ3) is 5.42. The second-order valence-corrected chi connectivity index (χ2v) is 9.37. The van der Waals surface area contributed by atoms with Crippen LogP contribution in [0.4, 0.5) is 0 Å². The van der Waals surface area contributed by atoms with E-state index < -0.39 is 0 Å². The van der Waals surface area contributed by atoms with Crippen LogP contribution in [0.25, 0.3) is 17.0 Å². The predicted molar refractivity (Wildman–Crippen MR) is 142 cm³/mol. The van der Waals surface area contributed by atoms with Crippen LogP contribution in [0.1, 0.15) is 39.2 Å². The van der Waals surface area contributed by atoms with Gasteiger partial charge in [-0.25, -0.2) is 0 Å². The highest BCUT2D eigenvalue weighted by Gasteiger charge is 2.22. The number of aromatic amines is 1. The van der Waals surface area contributed by atoms with Crippen LogP contribution in [-0.2, 0) is 19.5 Å². The third-order valence-corrected chi connectivity index (χ3v) is 6.68. The quantitative estimate of drug-likeness (QED) is 0.285. The Morgan fingerprint density at radius 2 is 2.00 bits per heavy atom. The summed E-state index contributed by atoms with van der Waals surface area (Å²) in [6.45, 7) is 2.96. The lowest BCUT2D eigenvalue weighted by molar-refractivity contribution is 0.0952. The number of nitrogens with zero attached hydrogens (tertiary/aromatic N) is 1. The first-order valence-corrected chi connectivity index (χ1v) is 12.3. The van der Waals surface area contributed by atoms with Gasteiger partial charge < -0.3 is 15.4 Å². The summed E-state index contributed by atoms with van der Waals surface area (Å²) in [7, 11) is 0. The average Bonchev–Trinajstić information content (AvgIpc) is 3.21. The Balaban J connectivity index is 1.20. The number of phenols is 1. The van der Waals surface area contributed by atoms with Crippen molar-refractivity contribution in [2.75, 3.05) is 13.1 Å². The molecule has 1 aromatic heterocycles. The molecule has 35 heavy (non-hydrogen) atoms. The zero-order valence-corrected chi connectivity index (χ0v) is 20.2. The minimum Gasteiger partial charge on any atom is -0.508 e. The number of carbonyl (C=O) groups excluding carboxylic acids is 1. The molecule has 1 aliphatic rings. The Kier molecular flexibility index (Phi) is 6.89. The molecule has 5 nitrogen and oxygen atoms in total. The zero-order chi connectivity index (χ0) is 24.2. The van der Waals surface area contributed by atoms with Crippen molar-refractivity contribution in [3.63, 3.8) is 0 Å². The van der Waals surface area contributed by atoms with E-state index in [0.717, 1.165) is 53.5 Å². The monoisotopic (exact) mass is 485 g/mol. The summed E-state index contributed by atoms with van der Waals surface area (Å²) in [6.07, 6.45) is 5.71. The highest BCUT2D eigenvalue weighted by atomic mass is 35.5. The Hall–Kier alpha value is -3.54. The summed E-state index contributed by atoms with van der Waals surface area (Å²) in [4.78, 5) is 18.8. The lowest BCUT2D eigenvalue weighted by Gasteiger charge is -2.27. The number of rotatable bonds is 7. The van der Waals surface area contributed by atoms with Crippen molar-refractivity contribution in [2.45, 2.75) is 25.9 Å². The van der Waals surface area contributed by atoms with Crippen molar-refractivity contribution >= 4 is 34.5 Å². The molecule has 3 N–H and O–H groups in total. The van der Waals surface area contributed by atoms with E-state index in [-0.39, 0.29) is 5.91 Å². The zero-order valence-electron chi connectivity index (χ0n) is 19.4. The number of hydrogen-bond donors (Lipinski definition) is 3. The molecule has 178 valence electrons. The van der Waals surface area contributed by atoms with Crippen LogP contribution in [0.5, 0.6) is 5.75 Å². The maximum atomic E-state index is 12.9. The first-order chi connectivity index (χ1) is 17.1. The summed E-state index contributed by atoms with van der Waals surface area (Å²) >= 11 is 6.02. The molecule has 6 heteroatoms. The number of nitrogens with one attached hydrogen (secondary N) is 2. The van der Waals surface area contributed by atoms with Gasteiger partial charge in [0.2, 0.25) is 0 Å². The second kappa shape index (κ2) is 10.4. The number of hydrogen-bond acceptors (Lipinski definition) is 3. The highest BCUT2D eigenvalue weighted by Crippen LogP contribution is 2.30. The number of fused-ring (bicyclic) bond motifs is 3. The van der Waals surface area contributed by atoms with E-state index in [2.05, 4.69) is 15.2 Å². The largest absolute Gasteiger partial charge is 0.508 e. The first kappa shape index (κ1) is 23.2. The van der Waals surface area contributed by atoms with Crippen LogP contribution in [0.2, 0.25) is 5.02 Å². The number of benzene rings is 3. The van der Waals surface area contributed by atoms with Crippen molar-refractivity contribution in [3.05, 3.63) is 106 Å². The summed E-state index contributed by atoms with van der Waals surface area (Å²) < 4.78 is 0. The number of halogens is 1. The summed E-state index contributed by atoms with van der Waals surface area (Å²) in [5.74, 6) is 0.247. The Morgan fingerprint density at radius 1 is 1.11 bits per heavy atom. The summed E-state index contributed by atoms with van der Waals surface area (Å²) in [5, 5.41) is 14.7. The van der Waals surface area contributed by atoms with Crippen molar-refractivity contribution in [1.29, 1.82) is 0 Å². The molecule has 4 aromatic rings. The molecule has 0 aliphatic carbocycles. The fourth-order valence-corrected chi connectivity index (χ4v) is 4.93. The smallest absolute Gasteiger partial charge is 0.251 e. The Bertz CT molecular complexity index is 1390. The minimum atomic E-state index is -0.0458. The van der Waals surface area contributed by atoms with Crippen LogP contribution >= 0.6 is 11.6 Å². The van der Waals surface area contributed by atoms with Gasteiger partial charge in [0.1, 0.15) is 5.75 Å². The number of aromatic nitrogens is 1. The molecule has 2 heterocycles. The summed E-state index contributed by atoms with van der Waals surface area (Å²) in [5.41, 5.74) is 6.31. The number of carbonyl (C=O) groups is 1. The maximum absolute atomic E-state index is 12.9. The van der Waals surface area contributed by atoms with Gasteiger partial charge in [0.05, 0.1) is 0 Å². The van der Waals surface area contributed by atoms with Crippen LogP contribution in [-0.4, -0.2) is 34.0 Å². The molecule has 3 aromatic carbocycles. The topological polar surface area (TPSA) is 68.4 Å². The molecule has 0 saturated heterocycles. The van der Waals surface area contributed by atoms with Gasteiger partial charge in [-0.3, -0.25) is 9.69 Å². The highest BCUT2D eigenvalue weighted by molar-refractivity contribution is 6.30. The van der Waals surface area contributed by atoms with E-state index in [1.54, 1.807) is 6.07 Å². The molecule has 0 unspecified atom stereocenters. The van der Waals surface area contributed by atoms with Gasteiger partial charge >= 0.3 is 0 Å². The molecule has 1 amide bonds. The molecule has 0 atom stereocenters. The Labute approximate surface area is 210 Å². The molecule has 0 fully saturated rings. The molecule has 0 radical (unpaired) electrons. The number of aromatic hydroxyl groups is 1. The van der Waals surface area contributed by atoms with Crippen LogP contribution in [0.15, 0.2) is 72.8 Å². The van der Waals surface area contributed by atoms with Crippen LogP contribution < -0.4 is 5.32 Å². The van der Waals surface area contributed by atoms with E-state index in [4.69, 9.17) is 11.6 Å². The molecule has 1 aliphatic heterocycles. The van der Waals surface area contributed by atoms with Gasteiger partial charge in [-0.15, -0.1) is 0 Å². The van der Waals surface area contributed by atoms with Crippen LogP contribution in [0, 0.1) is 0 Å². The molecular weight excluding hydrogens is 458 g/mol. The lowest BCUT2D eigenvalue weighted by atomic mass is 10.0. The van der Waals surface area contributed by atoms with Gasteiger partial charge in [0.25, 0.3) is 5.91 Å². The lowest BCUT2D eigenvalue weighted by Crippen LogP contribution is -2.31. The molecule has 5 rings (SSSR count). The van der Waals surface area contributed by atoms with Gasteiger partial charge in [0, 0.05) is 53.4 Å². The number of amides is 1. The van der Waals surface area contributed by atoms with E-state index in [1.165, 1.54) is 11.3 Å². The second-order valence-electron chi connectivity index (χ2n) is 8.93. The average molecular weight is 486 g/mol. The van der Waals surface area contributed by atoms with E-state index in [0.29, 0.717) is 23.9 Å². The standard InChI is InChI=1S/C29H28ClN3O2/c30-22-9-5-7-20(16-22)6-3-4-14-31-29(35)24-10-2-1-8-21(24)18-33-15-13-25-26-17-23(34)11-12-27(26)32-28(25)19-33/h1-3,5-12,16-17,32,34H,4,13-15,18-19H2,(H,31,35). The van der Waals surface area contributed by atoms with Crippen molar-refractivity contribution in [2.24, 2.45) is 0 Å². The SMILES string of the molecule is O=C(NCCC=Cc1cccc(Cl)c1)c1ccccc1CN1CCc2c([nH]c3ccc(O)cc23)C1. The van der Waals surface area contributed by atoms with Gasteiger partial charge in [-0.2, -0.15) is 0 Å². The van der Waals surface area contributed by atoms with Crippen LogP contribution in [0.3, 0.4) is 0 Å². The number of H-pyrrole nitrogens is 1. The Morgan fingerprint density at radius 3 is 2.89 bits per heavy atom. The predicted octanol–water partition coefficient (Wildman–Crippen LogP) is 5.92. The summed E-state index contributed by atoms with van der Waals surface area (Å²) in [6, 6.07) is 21.0. The normalized spacial score (nSPS) is 13.9. The first-order valence-electron chi connectivity index (χ1n) is 11.9. The number of phenolic OH excluding ortho intramolecular Hbond substituents is 1.